The van der Waals surface area contributed by atoms with Gasteiger partial charge in [0, 0.05) is 17.8 Å². The Morgan fingerprint density at radius 3 is 3.00 bits per heavy atom. The summed E-state index contributed by atoms with van der Waals surface area (Å²) in [5.41, 5.74) is 0. The van der Waals surface area contributed by atoms with E-state index >= 15 is 0 Å². The van der Waals surface area contributed by atoms with Gasteiger partial charge in [0.25, 0.3) is 0 Å². The van der Waals surface area contributed by atoms with Crippen LogP contribution in [0.5, 0.6) is 0 Å². The Morgan fingerprint density at radius 2 is 2.40 bits per heavy atom. The van der Waals surface area contributed by atoms with Crippen molar-refractivity contribution in [2.24, 2.45) is 0 Å². The van der Waals surface area contributed by atoms with E-state index in [4.69, 9.17) is 0 Å². The molecule has 1 amide bonds. The molecule has 0 radical (unpaired) electrons. The molecule has 0 saturated carbocycles. The van der Waals surface area contributed by atoms with Crippen LogP contribution >= 0.6 is 11.8 Å². The largest absolute Gasteiger partial charge is 0.353 e. The Hall–Kier alpha value is -0.220. The van der Waals surface area contributed by atoms with Crippen molar-refractivity contribution < 1.29 is 4.79 Å². The van der Waals surface area contributed by atoms with E-state index in [0.29, 0.717) is 12.6 Å². The van der Waals surface area contributed by atoms with Crippen LogP contribution < -0.4 is 10.6 Å². The Morgan fingerprint density at radius 1 is 1.60 bits per heavy atom. The van der Waals surface area contributed by atoms with Gasteiger partial charge in [0.1, 0.15) is 0 Å². The van der Waals surface area contributed by atoms with Gasteiger partial charge in [-0.05, 0) is 31.9 Å². The molecule has 1 aliphatic heterocycles. The quantitative estimate of drug-likeness (QED) is 0.724. The molecular weight excluding hydrogens is 208 g/mol. The minimum Gasteiger partial charge on any atom is -0.353 e. The summed E-state index contributed by atoms with van der Waals surface area (Å²) in [5.74, 6) is 1.40. The SMILES string of the molecule is CCC(C)NC(=O)CNCC1CCCS1. The van der Waals surface area contributed by atoms with E-state index in [0.717, 1.165) is 18.2 Å². The van der Waals surface area contributed by atoms with E-state index in [1.165, 1.54) is 18.6 Å². The highest BCUT2D eigenvalue weighted by Gasteiger charge is 2.15. The van der Waals surface area contributed by atoms with Crippen molar-refractivity contribution in [3.05, 3.63) is 0 Å². The molecule has 2 N–H and O–H groups in total. The number of hydrogen-bond donors (Lipinski definition) is 2. The zero-order chi connectivity index (χ0) is 11.1. The zero-order valence-electron chi connectivity index (χ0n) is 9.71. The summed E-state index contributed by atoms with van der Waals surface area (Å²) in [7, 11) is 0. The fraction of sp³-hybridized carbons (Fsp3) is 0.909. The second kappa shape index (κ2) is 7.12. The molecule has 4 heteroatoms. The van der Waals surface area contributed by atoms with Gasteiger partial charge >= 0.3 is 0 Å². The molecule has 0 bridgehead atoms. The normalized spacial score (nSPS) is 22.7. The first-order valence-electron chi connectivity index (χ1n) is 5.84. The summed E-state index contributed by atoms with van der Waals surface area (Å²) in [6.45, 7) is 5.54. The van der Waals surface area contributed by atoms with E-state index in [2.05, 4.69) is 17.6 Å². The molecule has 0 aromatic heterocycles. The second-order valence-corrected chi connectivity index (χ2v) is 5.55. The van der Waals surface area contributed by atoms with E-state index in [9.17, 15) is 4.79 Å². The van der Waals surface area contributed by atoms with Gasteiger partial charge in [-0.25, -0.2) is 0 Å². The van der Waals surface area contributed by atoms with Crippen LogP contribution in [0, 0.1) is 0 Å². The van der Waals surface area contributed by atoms with Crippen LogP contribution in [0.1, 0.15) is 33.1 Å². The molecule has 1 heterocycles. The molecule has 3 nitrogen and oxygen atoms in total. The van der Waals surface area contributed by atoms with Crippen LogP contribution in [-0.2, 0) is 4.79 Å². The van der Waals surface area contributed by atoms with Gasteiger partial charge in [0.2, 0.25) is 5.91 Å². The summed E-state index contributed by atoms with van der Waals surface area (Å²) in [6.07, 6.45) is 3.62. The average molecular weight is 230 g/mol. The third-order valence-electron chi connectivity index (χ3n) is 2.70. The third-order valence-corrected chi connectivity index (χ3v) is 4.10. The number of amides is 1. The van der Waals surface area contributed by atoms with Gasteiger partial charge in [0.15, 0.2) is 0 Å². The molecule has 0 spiro atoms. The number of thioether (sulfide) groups is 1. The molecule has 0 aliphatic carbocycles. The number of carbonyl (C=O) groups is 1. The fourth-order valence-corrected chi connectivity index (χ4v) is 2.82. The first kappa shape index (κ1) is 12.8. The Kier molecular flexibility index (Phi) is 6.10. The lowest BCUT2D eigenvalue weighted by Crippen LogP contribution is -2.40. The van der Waals surface area contributed by atoms with Crippen LogP contribution in [0.3, 0.4) is 0 Å². The minimum atomic E-state index is 0.118. The molecule has 0 aromatic rings. The van der Waals surface area contributed by atoms with Crippen molar-refractivity contribution in [2.45, 2.75) is 44.4 Å². The van der Waals surface area contributed by atoms with Crippen molar-refractivity contribution in [1.29, 1.82) is 0 Å². The van der Waals surface area contributed by atoms with Gasteiger partial charge in [-0.1, -0.05) is 6.92 Å². The van der Waals surface area contributed by atoms with Gasteiger partial charge < -0.3 is 10.6 Å². The summed E-state index contributed by atoms with van der Waals surface area (Å²) < 4.78 is 0. The molecule has 1 aliphatic rings. The Labute approximate surface area is 96.8 Å². The number of hydrogen-bond acceptors (Lipinski definition) is 3. The number of carbonyl (C=O) groups excluding carboxylic acids is 1. The summed E-state index contributed by atoms with van der Waals surface area (Å²) in [5, 5.41) is 6.89. The lowest BCUT2D eigenvalue weighted by Gasteiger charge is -2.13. The lowest BCUT2D eigenvalue weighted by molar-refractivity contribution is -0.120. The molecule has 0 aromatic carbocycles. The monoisotopic (exact) mass is 230 g/mol. The second-order valence-electron chi connectivity index (χ2n) is 4.14. The summed E-state index contributed by atoms with van der Waals surface area (Å²) in [4.78, 5) is 11.4. The van der Waals surface area contributed by atoms with Crippen molar-refractivity contribution >= 4 is 17.7 Å². The van der Waals surface area contributed by atoms with E-state index < -0.39 is 0 Å². The average Bonchev–Trinajstić information content (AvgIpc) is 2.70. The maximum atomic E-state index is 11.4. The van der Waals surface area contributed by atoms with Crippen molar-refractivity contribution in [2.75, 3.05) is 18.8 Å². The van der Waals surface area contributed by atoms with Crippen LogP contribution in [0.4, 0.5) is 0 Å². The molecule has 2 unspecified atom stereocenters. The maximum Gasteiger partial charge on any atom is 0.234 e. The molecule has 2 atom stereocenters. The highest BCUT2D eigenvalue weighted by molar-refractivity contribution is 8.00. The maximum absolute atomic E-state index is 11.4. The summed E-state index contributed by atoms with van der Waals surface area (Å²) in [6, 6.07) is 0.292. The van der Waals surface area contributed by atoms with Crippen LogP contribution in [-0.4, -0.2) is 36.0 Å². The zero-order valence-corrected chi connectivity index (χ0v) is 10.5. The standard InChI is InChI=1S/C11H22N2OS/c1-3-9(2)13-11(14)8-12-7-10-5-4-6-15-10/h9-10,12H,3-8H2,1-2H3,(H,13,14). The van der Waals surface area contributed by atoms with E-state index in [1.54, 1.807) is 0 Å². The number of rotatable bonds is 6. The fourth-order valence-electron chi connectivity index (χ4n) is 1.58. The van der Waals surface area contributed by atoms with E-state index in [1.807, 2.05) is 18.7 Å². The van der Waals surface area contributed by atoms with Gasteiger partial charge in [0.05, 0.1) is 6.54 Å². The summed E-state index contributed by atoms with van der Waals surface area (Å²) >= 11 is 2.02. The molecule has 1 saturated heterocycles. The first-order chi connectivity index (χ1) is 7.22. The van der Waals surface area contributed by atoms with Crippen molar-refractivity contribution in [3.63, 3.8) is 0 Å². The highest BCUT2D eigenvalue weighted by atomic mass is 32.2. The van der Waals surface area contributed by atoms with Gasteiger partial charge in [-0.15, -0.1) is 0 Å². The number of nitrogens with one attached hydrogen (secondary N) is 2. The molecule has 1 fully saturated rings. The minimum absolute atomic E-state index is 0.118. The lowest BCUT2D eigenvalue weighted by atomic mass is 10.2. The Bertz CT molecular complexity index is 193. The Balaban J connectivity index is 2.01. The van der Waals surface area contributed by atoms with Crippen LogP contribution in [0.25, 0.3) is 0 Å². The third kappa shape index (κ3) is 5.42. The van der Waals surface area contributed by atoms with Crippen LogP contribution in [0.15, 0.2) is 0 Å². The molecule has 15 heavy (non-hydrogen) atoms. The predicted octanol–water partition coefficient (Wildman–Crippen LogP) is 1.39. The first-order valence-corrected chi connectivity index (χ1v) is 6.89. The molecule has 1 rings (SSSR count). The predicted molar refractivity (Wildman–Crippen MR) is 66.2 cm³/mol. The van der Waals surface area contributed by atoms with Crippen LogP contribution in [0.2, 0.25) is 0 Å². The van der Waals surface area contributed by atoms with Gasteiger partial charge in [-0.2, -0.15) is 11.8 Å². The van der Waals surface area contributed by atoms with E-state index in [-0.39, 0.29) is 5.91 Å². The molecule has 88 valence electrons. The van der Waals surface area contributed by atoms with Crippen molar-refractivity contribution in [3.8, 4) is 0 Å². The van der Waals surface area contributed by atoms with Gasteiger partial charge in [-0.3, -0.25) is 4.79 Å². The smallest absolute Gasteiger partial charge is 0.234 e. The highest BCUT2D eigenvalue weighted by Crippen LogP contribution is 2.24. The van der Waals surface area contributed by atoms with Crippen molar-refractivity contribution in [1.82, 2.24) is 10.6 Å². The topological polar surface area (TPSA) is 41.1 Å². The molecular formula is C11H22N2OS.